The average Bonchev–Trinajstić information content (AvgIpc) is 2.51. The van der Waals surface area contributed by atoms with E-state index in [2.05, 4.69) is 5.32 Å². The lowest BCUT2D eigenvalue weighted by atomic mass is 10.0. The van der Waals surface area contributed by atoms with Gasteiger partial charge in [-0.25, -0.2) is 4.79 Å². The molecule has 1 aromatic heterocycles. The Balaban J connectivity index is 2.41. The molecule has 0 saturated carbocycles. The third kappa shape index (κ3) is 3.94. The van der Waals surface area contributed by atoms with Crippen molar-refractivity contribution in [1.82, 2.24) is 5.32 Å². The molecule has 1 heterocycles. The third-order valence-corrected chi connectivity index (χ3v) is 3.99. The molecular formula is C18H23NO5. The number of hydrogen-bond acceptors (Lipinski definition) is 5. The highest BCUT2D eigenvalue weighted by molar-refractivity contribution is 5.85. The first kappa shape index (κ1) is 18.0. The van der Waals surface area contributed by atoms with E-state index >= 15 is 0 Å². The molecule has 1 atom stereocenters. The second-order valence-electron chi connectivity index (χ2n) is 6.29. The number of aromatic hydroxyl groups is 1. The number of carboxylic acid groups (broad SMARTS) is 1. The Morgan fingerprint density at radius 2 is 2.04 bits per heavy atom. The molecule has 0 spiro atoms. The Morgan fingerprint density at radius 1 is 1.33 bits per heavy atom. The number of aliphatic carboxylic acids is 1. The predicted octanol–water partition coefficient (Wildman–Crippen LogP) is 2.65. The topological polar surface area (TPSA) is 99.8 Å². The normalized spacial score (nSPS) is 12.7. The molecule has 3 N–H and O–H groups in total. The number of fused-ring (bicyclic) bond motifs is 1. The highest BCUT2D eigenvalue weighted by atomic mass is 16.4. The van der Waals surface area contributed by atoms with Gasteiger partial charge in [0.1, 0.15) is 17.4 Å². The molecule has 0 aliphatic heterocycles. The third-order valence-electron chi connectivity index (χ3n) is 3.99. The van der Waals surface area contributed by atoms with Crippen LogP contribution in [0.15, 0.2) is 27.4 Å². The van der Waals surface area contributed by atoms with Gasteiger partial charge in [0.2, 0.25) is 0 Å². The average molecular weight is 333 g/mol. The van der Waals surface area contributed by atoms with Crippen LogP contribution in [0.1, 0.15) is 38.3 Å². The first-order chi connectivity index (χ1) is 11.3. The van der Waals surface area contributed by atoms with Gasteiger partial charge in [0, 0.05) is 18.0 Å². The summed E-state index contributed by atoms with van der Waals surface area (Å²) >= 11 is 0. The van der Waals surface area contributed by atoms with E-state index in [4.69, 9.17) is 4.42 Å². The van der Waals surface area contributed by atoms with Gasteiger partial charge in [0.15, 0.2) is 0 Å². The van der Waals surface area contributed by atoms with E-state index in [1.54, 1.807) is 6.07 Å². The summed E-state index contributed by atoms with van der Waals surface area (Å²) in [5, 5.41) is 23.1. The summed E-state index contributed by atoms with van der Waals surface area (Å²) in [6, 6.07) is 3.95. The Bertz CT molecular complexity index is 794. The quantitative estimate of drug-likeness (QED) is 0.674. The minimum absolute atomic E-state index is 0.0277. The number of benzene rings is 1. The van der Waals surface area contributed by atoms with E-state index in [0.717, 1.165) is 10.9 Å². The van der Waals surface area contributed by atoms with E-state index < -0.39 is 17.6 Å². The van der Waals surface area contributed by atoms with Crippen molar-refractivity contribution in [2.75, 3.05) is 0 Å². The zero-order valence-corrected chi connectivity index (χ0v) is 14.1. The second kappa shape index (κ2) is 7.49. The summed E-state index contributed by atoms with van der Waals surface area (Å²) in [4.78, 5) is 23.1. The lowest BCUT2D eigenvalue weighted by Crippen LogP contribution is -2.37. The van der Waals surface area contributed by atoms with Crippen LogP contribution in [0.25, 0.3) is 11.0 Å². The van der Waals surface area contributed by atoms with Crippen LogP contribution in [0.2, 0.25) is 0 Å². The predicted molar refractivity (Wildman–Crippen MR) is 91.2 cm³/mol. The molecule has 0 aliphatic rings. The first-order valence-corrected chi connectivity index (χ1v) is 8.07. The molecular weight excluding hydrogens is 310 g/mol. The number of rotatable bonds is 7. The van der Waals surface area contributed by atoms with Crippen LogP contribution in [0.3, 0.4) is 0 Å². The van der Waals surface area contributed by atoms with Gasteiger partial charge < -0.3 is 19.9 Å². The van der Waals surface area contributed by atoms with Crippen LogP contribution in [-0.2, 0) is 17.8 Å². The van der Waals surface area contributed by atoms with Gasteiger partial charge >= 0.3 is 11.6 Å². The minimum Gasteiger partial charge on any atom is -0.507 e. The van der Waals surface area contributed by atoms with Crippen LogP contribution in [-0.4, -0.2) is 22.2 Å². The van der Waals surface area contributed by atoms with Gasteiger partial charge in [-0.3, -0.25) is 4.79 Å². The molecule has 6 nitrogen and oxygen atoms in total. The van der Waals surface area contributed by atoms with Gasteiger partial charge in [-0.05, 0) is 36.5 Å². The largest absolute Gasteiger partial charge is 0.507 e. The van der Waals surface area contributed by atoms with Crippen molar-refractivity contribution in [3.63, 3.8) is 0 Å². The molecule has 24 heavy (non-hydrogen) atoms. The Labute approximate surface area is 140 Å². The van der Waals surface area contributed by atoms with Crippen molar-refractivity contribution in [3.05, 3.63) is 39.7 Å². The molecule has 0 bridgehead atoms. The van der Waals surface area contributed by atoms with E-state index in [9.17, 15) is 19.8 Å². The van der Waals surface area contributed by atoms with Crippen molar-refractivity contribution < 1.29 is 19.4 Å². The fourth-order valence-corrected chi connectivity index (χ4v) is 2.77. The van der Waals surface area contributed by atoms with E-state index in [1.165, 1.54) is 12.1 Å². The maximum Gasteiger partial charge on any atom is 0.336 e. The molecule has 0 fully saturated rings. The summed E-state index contributed by atoms with van der Waals surface area (Å²) in [6.07, 6.45) is 1.12. The van der Waals surface area contributed by atoms with Crippen LogP contribution in [0, 0.1) is 5.92 Å². The molecule has 6 heteroatoms. The van der Waals surface area contributed by atoms with E-state index in [0.29, 0.717) is 24.0 Å². The summed E-state index contributed by atoms with van der Waals surface area (Å²) in [5.74, 6) is -0.761. The SMILES string of the molecule is CCc1cc(=O)oc2c(CN[C@@H](CC(C)C)C(=O)O)c(O)ccc12. The minimum atomic E-state index is -0.945. The summed E-state index contributed by atoms with van der Waals surface area (Å²) < 4.78 is 5.29. The Hall–Kier alpha value is -2.34. The zero-order valence-electron chi connectivity index (χ0n) is 14.1. The molecule has 0 saturated heterocycles. The monoisotopic (exact) mass is 333 g/mol. The van der Waals surface area contributed by atoms with Gasteiger partial charge in [-0.15, -0.1) is 0 Å². The molecule has 0 aliphatic carbocycles. The summed E-state index contributed by atoms with van der Waals surface area (Å²) in [5.41, 5.74) is 1.05. The van der Waals surface area contributed by atoms with Crippen molar-refractivity contribution in [2.45, 2.75) is 46.2 Å². The van der Waals surface area contributed by atoms with Gasteiger partial charge in [0.05, 0.1) is 5.56 Å². The number of aryl methyl sites for hydroxylation is 1. The maximum atomic E-state index is 11.8. The lowest BCUT2D eigenvalue weighted by molar-refractivity contribution is -0.140. The number of carboxylic acids is 1. The fourth-order valence-electron chi connectivity index (χ4n) is 2.77. The van der Waals surface area contributed by atoms with E-state index in [1.807, 2.05) is 20.8 Å². The number of carbonyl (C=O) groups is 1. The number of phenolic OH excluding ortho intramolecular Hbond substituents is 1. The van der Waals surface area contributed by atoms with Crippen LogP contribution in [0.5, 0.6) is 5.75 Å². The van der Waals surface area contributed by atoms with Crippen LogP contribution < -0.4 is 10.9 Å². The smallest absolute Gasteiger partial charge is 0.336 e. The van der Waals surface area contributed by atoms with Crippen molar-refractivity contribution in [3.8, 4) is 5.75 Å². The zero-order chi connectivity index (χ0) is 17.9. The maximum absolute atomic E-state index is 11.8. The van der Waals surface area contributed by atoms with E-state index in [-0.39, 0.29) is 18.2 Å². The van der Waals surface area contributed by atoms with Crippen molar-refractivity contribution >= 4 is 16.9 Å². The van der Waals surface area contributed by atoms with Gasteiger partial charge in [-0.2, -0.15) is 0 Å². The standard InChI is InChI=1S/C18H23NO5/c1-4-11-8-16(21)24-17-12(11)5-6-15(20)13(17)9-19-14(18(22)23)7-10(2)3/h5-6,8,10,14,19-20H,4,7,9H2,1-3H3,(H,22,23)/t14-/m0/s1. The van der Waals surface area contributed by atoms with Crippen molar-refractivity contribution in [2.24, 2.45) is 5.92 Å². The molecule has 1 aromatic carbocycles. The molecule has 0 amide bonds. The van der Waals surface area contributed by atoms with Crippen LogP contribution >= 0.6 is 0 Å². The molecule has 0 unspecified atom stereocenters. The second-order valence-corrected chi connectivity index (χ2v) is 6.29. The Morgan fingerprint density at radius 3 is 2.62 bits per heavy atom. The number of hydrogen-bond donors (Lipinski definition) is 3. The first-order valence-electron chi connectivity index (χ1n) is 8.07. The number of phenols is 1. The van der Waals surface area contributed by atoms with Gasteiger partial charge in [0.25, 0.3) is 0 Å². The summed E-state index contributed by atoms with van der Waals surface area (Å²) in [7, 11) is 0. The van der Waals surface area contributed by atoms with Gasteiger partial charge in [-0.1, -0.05) is 20.8 Å². The van der Waals surface area contributed by atoms with Crippen LogP contribution in [0.4, 0.5) is 0 Å². The molecule has 2 rings (SSSR count). The fraction of sp³-hybridized carbons (Fsp3) is 0.444. The molecule has 0 radical (unpaired) electrons. The molecule has 2 aromatic rings. The lowest BCUT2D eigenvalue weighted by Gasteiger charge is -2.17. The molecule has 130 valence electrons. The summed E-state index contributed by atoms with van der Waals surface area (Å²) in [6.45, 7) is 5.92. The highest BCUT2D eigenvalue weighted by Crippen LogP contribution is 2.28. The van der Waals surface area contributed by atoms with Crippen molar-refractivity contribution in [1.29, 1.82) is 0 Å². The highest BCUT2D eigenvalue weighted by Gasteiger charge is 2.20. The number of nitrogens with one attached hydrogen (secondary N) is 1. The Kier molecular flexibility index (Phi) is 5.62.